The number of urea groups is 1. The van der Waals surface area contributed by atoms with E-state index in [4.69, 9.17) is 9.47 Å². The highest BCUT2D eigenvalue weighted by molar-refractivity contribution is 6.08. The second-order valence-electron chi connectivity index (χ2n) is 6.78. The predicted molar refractivity (Wildman–Crippen MR) is 98.8 cm³/mol. The lowest BCUT2D eigenvalue weighted by atomic mass is 9.81. The number of nitrogens with zero attached hydrogens (tertiary/aromatic N) is 2. The largest absolute Gasteiger partial charge is 0.497 e. The van der Waals surface area contributed by atoms with Crippen molar-refractivity contribution < 1.29 is 19.1 Å². The van der Waals surface area contributed by atoms with Gasteiger partial charge in [-0.2, -0.15) is 0 Å². The van der Waals surface area contributed by atoms with Crippen molar-refractivity contribution in [2.75, 3.05) is 51.9 Å². The molecule has 3 amide bonds. The van der Waals surface area contributed by atoms with E-state index in [1.165, 1.54) is 0 Å². The minimum atomic E-state index is -0.665. The zero-order valence-electron chi connectivity index (χ0n) is 15.7. The first-order valence-electron chi connectivity index (χ1n) is 9.10. The molecule has 0 bridgehead atoms. The summed E-state index contributed by atoms with van der Waals surface area (Å²) < 4.78 is 10.6. The molecule has 1 aromatic rings. The van der Waals surface area contributed by atoms with Crippen LogP contribution in [0.3, 0.4) is 0 Å². The van der Waals surface area contributed by atoms with Crippen LogP contribution in [-0.4, -0.2) is 63.8 Å². The van der Waals surface area contributed by atoms with Gasteiger partial charge in [-0.15, -0.1) is 0 Å². The van der Waals surface area contributed by atoms with Gasteiger partial charge in [-0.3, -0.25) is 4.79 Å². The van der Waals surface area contributed by atoms with E-state index in [1.807, 2.05) is 25.1 Å². The molecule has 1 spiro atoms. The third kappa shape index (κ3) is 3.11. The number of hydrogen-bond acceptors (Lipinski definition) is 4. The number of likely N-dealkylation sites (tertiary alicyclic amines) is 1. The molecule has 0 radical (unpaired) electrons. The van der Waals surface area contributed by atoms with Crippen LogP contribution in [-0.2, 0) is 14.9 Å². The Hall–Kier alpha value is -2.28. The third-order valence-corrected chi connectivity index (χ3v) is 5.30. The van der Waals surface area contributed by atoms with Crippen LogP contribution in [0.1, 0.15) is 25.3 Å². The number of ether oxygens (including phenoxy) is 2. The maximum atomic E-state index is 13.0. The Balaban J connectivity index is 1.71. The van der Waals surface area contributed by atoms with Crippen LogP contribution < -0.4 is 15.0 Å². The molecule has 7 nitrogen and oxygen atoms in total. The van der Waals surface area contributed by atoms with Gasteiger partial charge in [0, 0.05) is 45.6 Å². The van der Waals surface area contributed by atoms with E-state index in [0.717, 1.165) is 23.4 Å². The van der Waals surface area contributed by atoms with Gasteiger partial charge in [-0.1, -0.05) is 0 Å². The highest BCUT2D eigenvalue weighted by Gasteiger charge is 2.54. The Labute approximate surface area is 154 Å². The van der Waals surface area contributed by atoms with Crippen molar-refractivity contribution in [1.29, 1.82) is 0 Å². The zero-order valence-corrected chi connectivity index (χ0v) is 15.7. The summed E-state index contributed by atoms with van der Waals surface area (Å²) in [4.78, 5) is 28.9. The Morgan fingerprint density at radius 1 is 1.38 bits per heavy atom. The molecule has 1 atom stereocenters. The molecular formula is C19H27N3O4. The molecule has 2 aliphatic rings. The number of benzene rings is 1. The average Bonchev–Trinajstić information content (AvgIpc) is 3.19. The van der Waals surface area contributed by atoms with Crippen LogP contribution in [0.4, 0.5) is 10.5 Å². The molecule has 0 aromatic heterocycles. The van der Waals surface area contributed by atoms with Crippen molar-refractivity contribution >= 4 is 17.6 Å². The first-order valence-corrected chi connectivity index (χ1v) is 9.10. The molecule has 0 aliphatic carbocycles. The Morgan fingerprint density at radius 3 is 2.92 bits per heavy atom. The highest BCUT2D eigenvalue weighted by atomic mass is 16.5. The van der Waals surface area contributed by atoms with Crippen molar-refractivity contribution in [3.63, 3.8) is 0 Å². The van der Waals surface area contributed by atoms with Gasteiger partial charge in [0.25, 0.3) is 0 Å². The maximum absolute atomic E-state index is 13.0. The van der Waals surface area contributed by atoms with Crippen molar-refractivity contribution in [1.82, 2.24) is 10.2 Å². The zero-order chi connectivity index (χ0) is 18.7. The number of fused-ring (bicyclic) bond motifs is 2. The van der Waals surface area contributed by atoms with Crippen LogP contribution in [0.5, 0.6) is 5.75 Å². The van der Waals surface area contributed by atoms with Crippen LogP contribution in [0.15, 0.2) is 18.2 Å². The number of likely N-dealkylation sites (N-methyl/N-ethyl adjacent to an activating group) is 1. The molecule has 26 heavy (non-hydrogen) atoms. The minimum Gasteiger partial charge on any atom is -0.497 e. The molecule has 2 heterocycles. The summed E-state index contributed by atoms with van der Waals surface area (Å²) in [6.45, 7) is 4.80. The summed E-state index contributed by atoms with van der Waals surface area (Å²) in [5.41, 5.74) is 1.19. The number of rotatable bonds is 6. The number of methoxy groups -OCH3 is 1. The summed E-state index contributed by atoms with van der Waals surface area (Å²) in [6, 6.07) is 5.59. The minimum absolute atomic E-state index is 0.0485. The van der Waals surface area contributed by atoms with Crippen LogP contribution in [0.25, 0.3) is 0 Å². The van der Waals surface area contributed by atoms with Crippen LogP contribution in [0, 0.1) is 0 Å². The predicted octanol–water partition coefficient (Wildman–Crippen LogP) is 1.75. The van der Waals surface area contributed by atoms with Gasteiger partial charge >= 0.3 is 6.03 Å². The lowest BCUT2D eigenvalue weighted by Gasteiger charge is -2.23. The van der Waals surface area contributed by atoms with E-state index in [1.54, 1.807) is 24.0 Å². The summed E-state index contributed by atoms with van der Waals surface area (Å²) in [7, 11) is 3.41. The number of anilines is 1. The Bertz CT molecular complexity index is 693. The first kappa shape index (κ1) is 18.5. The molecule has 0 saturated carbocycles. The fourth-order valence-corrected chi connectivity index (χ4v) is 3.87. The van der Waals surface area contributed by atoms with E-state index < -0.39 is 5.41 Å². The fourth-order valence-electron chi connectivity index (χ4n) is 3.87. The fraction of sp³-hybridized carbons (Fsp3) is 0.579. The monoisotopic (exact) mass is 361 g/mol. The second kappa shape index (κ2) is 7.53. The van der Waals surface area contributed by atoms with Crippen LogP contribution >= 0.6 is 0 Å². The SMILES string of the molecule is CCOCCCNC(=O)N1CCC2(C1)C(=O)N(C)c1ccc(OC)cc12. The lowest BCUT2D eigenvalue weighted by molar-refractivity contribution is -0.122. The van der Waals surface area contributed by atoms with Gasteiger partial charge in [0.05, 0.1) is 12.5 Å². The van der Waals surface area contributed by atoms with E-state index in [-0.39, 0.29) is 11.9 Å². The number of hydrogen-bond donors (Lipinski definition) is 1. The molecule has 142 valence electrons. The van der Waals surface area contributed by atoms with Gasteiger partial charge in [-0.25, -0.2) is 4.79 Å². The van der Waals surface area contributed by atoms with Gasteiger partial charge in [-0.05, 0) is 43.5 Å². The van der Waals surface area contributed by atoms with Gasteiger partial charge in [0.15, 0.2) is 0 Å². The molecular weight excluding hydrogens is 334 g/mol. The molecule has 3 rings (SSSR count). The number of amides is 3. The molecule has 1 saturated heterocycles. The number of nitrogens with one attached hydrogen (secondary N) is 1. The molecule has 1 unspecified atom stereocenters. The van der Waals surface area contributed by atoms with Crippen molar-refractivity contribution in [2.24, 2.45) is 0 Å². The normalized spacial score (nSPS) is 21.4. The third-order valence-electron chi connectivity index (χ3n) is 5.30. The Morgan fingerprint density at radius 2 is 2.19 bits per heavy atom. The molecule has 7 heteroatoms. The van der Waals surface area contributed by atoms with E-state index in [9.17, 15) is 9.59 Å². The van der Waals surface area contributed by atoms with Gasteiger partial charge < -0.3 is 24.6 Å². The molecule has 1 N–H and O–H groups in total. The summed E-state index contributed by atoms with van der Waals surface area (Å²) >= 11 is 0. The maximum Gasteiger partial charge on any atom is 0.317 e. The molecule has 1 fully saturated rings. The summed E-state index contributed by atoms with van der Waals surface area (Å²) in [5, 5.41) is 2.92. The van der Waals surface area contributed by atoms with E-state index in [0.29, 0.717) is 39.3 Å². The number of carbonyl (C=O) groups excluding carboxylic acids is 2. The first-order chi connectivity index (χ1) is 12.5. The van der Waals surface area contributed by atoms with E-state index in [2.05, 4.69) is 5.32 Å². The highest BCUT2D eigenvalue weighted by Crippen LogP contribution is 2.47. The van der Waals surface area contributed by atoms with Crippen molar-refractivity contribution in [2.45, 2.75) is 25.2 Å². The van der Waals surface area contributed by atoms with Gasteiger partial charge in [0.1, 0.15) is 5.75 Å². The summed E-state index contributed by atoms with van der Waals surface area (Å²) in [6.07, 6.45) is 1.41. The summed E-state index contributed by atoms with van der Waals surface area (Å²) in [5.74, 6) is 0.775. The van der Waals surface area contributed by atoms with E-state index >= 15 is 0 Å². The van der Waals surface area contributed by atoms with Crippen molar-refractivity contribution in [3.05, 3.63) is 23.8 Å². The second-order valence-corrected chi connectivity index (χ2v) is 6.78. The van der Waals surface area contributed by atoms with Crippen LogP contribution in [0.2, 0.25) is 0 Å². The van der Waals surface area contributed by atoms with Gasteiger partial charge in [0.2, 0.25) is 5.91 Å². The number of carbonyl (C=O) groups is 2. The lowest BCUT2D eigenvalue weighted by Crippen LogP contribution is -2.44. The molecule has 2 aliphatic heterocycles. The topological polar surface area (TPSA) is 71.1 Å². The van der Waals surface area contributed by atoms with Crippen molar-refractivity contribution in [3.8, 4) is 5.75 Å². The smallest absolute Gasteiger partial charge is 0.317 e. The molecule has 1 aromatic carbocycles. The standard InChI is InChI=1S/C19H27N3O4/c1-4-26-11-5-9-20-18(24)22-10-8-19(13-22)15-12-14(25-3)6-7-16(15)21(2)17(19)23/h6-7,12H,4-5,8-11,13H2,1-3H3,(H,20,24). The average molecular weight is 361 g/mol. The Kier molecular flexibility index (Phi) is 5.36. The quantitative estimate of drug-likeness (QED) is 0.784.